The highest BCUT2D eigenvalue weighted by atomic mass is 16.2. The largest absolute Gasteiger partial charge is 0.399 e. The standard InChI is InChI=1S/C16H21N3O/c1-2-11-5-7-19(8-6-11)16(20)14-10-18-15-9-12(17)3-4-13(14)15/h3-4,9-11,18H,2,5-8,17H2,1H3. The van der Waals surface area contributed by atoms with Crippen LogP contribution in [0, 0.1) is 5.92 Å². The molecule has 2 aromatic rings. The van der Waals surface area contributed by atoms with Crippen molar-refractivity contribution in [2.45, 2.75) is 26.2 Å². The van der Waals surface area contributed by atoms with Gasteiger partial charge in [-0.05, 0) is 37.0 Å². The maximum absolute atomic E-state index is 12.6. The van der Waals surface area contributed by atoms with Crippen LogP contribution in [0.1, 0.15) is 36.5 Å². The number of hydrogen-bond donors (Lipinski definition) is 2. The molecule has 4 nitrogen and oxygen atoms in total. The highest BCUT2D eigenvalue weighted by Gasteiger charge is 2.24. The second-order valence-corrected chi connectivity index (χ2v) is 5.65. The highest BCUT2D eigenvalue weighted by Crippen LogP contribution is 2.25. The Balaban J connectivity index is 1.82. The topological polar surface area (TPSA) is 62.1 Å². The molecule has 106 valence electrons. The third-order valence-electron chi connectivity index (χ3n) is 4.42. The lowest BCUT2D eigenvalue weighted by atomic mass is 9.94. The molecule has 1 fully saturated rings. The predicted molar refractivity (Wildman–Crippen MR) is 81.6 cm³/mol. The van der Waals surface area contributed by atoms with Crippen LogP contribution in [0.2, 0.25) is 0 Å². The molecule has 1 aromatic heterocycles. The summed E-state index contributed by atoms with van der Waals surface area (Å²) in [6.07, 6.45) is 5.27. The van der Waals surface area contributed by atoms with E-state index in [0.29, 0.717) is 5.69 Å². The summed E-state index contributed by atoms with van der Waals surface area (Å²) in [5.41, 5.74) is 8.16. The zero-order valence-corrected chi connectivity index (χ0v) is 11.9. The predicted octanol–water partition coefficient (Wildman–Crippen LogP) is 3.01. The molecule has 0 bridgehead atoms. The molecule has 0 atom stereocenters. The van der Waals surface area contributed by atoms with Crippen LogP contribution in [-0.4, -0.2) is 28.9 Å². The molecule has 3 rings (SSSR count). The van der Waals surface area contributed by atoms with Crippen LogP contribution in [0.15, 0.2) is 24.4 Å². The number of benzene rings is 1. The van der Waals surface area contributed by atoms with Crippen LogP contribution in [0.3, 0.4) is 0 Å². The van der Waals surface area contributed by atoms with Gasteiger partial charge in [0.15, 0.2) is 0 Å². The van der Waals surface area contributed by atoms with Gasteiger partial charge < -0.3 is 15.6 Å². The van der Waals surface area contributed by atoms with Gasteiger partial charge in [0, 0.05) is 35.9 Å². The minimum atomic E-state index is 0.135. The number of piperidine rings is 1. The summed E-state index contributed by atoms with van der Waals surface area (Å²) < 4.78 is 0. The first-order chi connectivity index (χ1) is 9.69. The Labute approximate surface area is 118 Å². The summed E-state index contributed by atoms with van der Waals surface area (Å²) >= 11 is 0. The number of rotatable bonds is 2. The van der Waals surface area contributed by atoms with E-state index in [1.54, 1.807) is 6.20 Å². The molecule has 1 aliphatic heterocycles. The maximum Gasteiger partial charge on any atom is 0.256 e. The van der Waals surface area contributed by atoms with E-state index in [2.05, 4.69) is 11.9 Å². The van der Waals surface area contributed by atoms with Crippen LogP contribution in [0.25, 0.3) is 10.9 Å². The second-order valence-electron chi connectivity index (χ2n) is 5.65. The summed E-state index contributed by atoms with van der Waals surface area (Å²) in [6, 6.07) is 5.64. The number of nitrogens with zero attached hydrogens (tertiary/aromatic N) is 1. The zero-order chi connectivity index (χ0) is 14.1. The Bertz CT molecular complexity index is 624. The van der Waals surface area contributed by atoms with Gasteiger partial charge in [0.05, 0.1) is 5.56 Å². The van der Waals surface area contributed by atoms with Gasteiger partial charge in [-0.3, -0.25) is 4.79 Å². The SMILES string of the molecule is CCC1CCN(C(=O)c2c[nH]c3cc(N)ccc23)CC1. The summed E-state index contributed by atoms with van der Waals surface area (Å²) in [5.74, 6) is 0.914. The number of amides is 1. The summed E-state index contributed by atoms with van der Waals surface area (Å²) in [4.78, 5) is 17.7. The number of aromatic nitrogens is 1. The molecule has 0 spiro atoms. The number of nitrogen functional groups attached to an aromatic ring is 1. The van der Waals surface area contributed by atoms with Crippen LogP contribution >= 0.6 is 0 Å². The van der Waals surface area contributed by atoms with E-state index in [0.717, 1.165) is 48.3 Å². The molecule has 4 heteroatoms. The number of likely N-dealkylation sites (tertiary alicyclic amines) is 1. The molecule has 0 saturated carbocycles. The third-order valence-corrected chi connectivity index (χ3v) is 4.42. The first-order valence-corrected chi connectivity index (χ1v) is 7.35. The van der Waals surface area contributed by atoms with Crippen molar-refractivity contribution >= 4 is 22.5 Å². The molecule has 0 unspecified atom stereocenters. The van der Waals surface area contributed by atoms with Gasteiger partial charge >= 0.3 is 0 Å². The van der Waals surface area contributed by atoms with Crippen molar-refractivity contribution in [3.05, 3.63) is 30.0 Å². The van der Waals surface area contributed by atoms with Gasteiger partial charge in [-0.15, -0.1) is 0 Å². The van der Waals surface area contributed by atoms with E-state index >= 15 is 0 Å². The Hall–Kier alpha value is -1.97. The van der Waals surface area contributed by atoms with Crippen LogP contribution in [0.5, 0.6) is 0 Å². The molecule has 1 aliphatic rings. The second kappa shape index (κ2) is 5.19. The number of anilines is 1. The number of aromatic amines is 1. The fraction of sp³-hybridized carbons (Fsp3) is 0.438. The first kappa shape index (κ1) is 13.0. The summed E-state index contributed by atoms with van der Waals surface area (Å²) in [6.45, 7) is 3.98. The Morgan fingerprint density at radius 1 is 1.40 bits per heavy atom. The molecule has 0 aliphatic carbocycles. The summed E-state index contributed by atoms with van der Waals surface area (Å²) in [5, 5.41) is 0.960. The average molecular weight is 271 g/mol. The normalized spacial score (nSPS) is 16.8. The van der Waals surface area contributed by atoms with Crippen molar-refractivity contribution in [2.75, 3.05) is 18.8 Å². The van der Waals surface area contributed by atoms with Gasteiger partial charge in [0.2, 0.25) is 0 Å². The van der Waals surface area contributed by atoms with Crippen molar-refractivity contribution in [1.29, 1.82) is 0 Å². The Morgan fingerprint density at radius 3 is 2.85 bits per heavy atom. The minimum absolute atomic E-state index is 0.135. The molecular formula is C16H21N3O. The van der Waals surface area contributed by atoms with Crippen LogP contribution in [-0.2, 0) is 0 Å². The molecule has 1 saturated heterocycles. The van der Waals surface area contributed by atoms with E-state index in [1.807, 2.05) is 23.1 Å². The quantitative estimate of drug-likeness (QED) is 0.825. The molecule has 20 heavy (non-hydrogen) atoms. The van der Waals surface area contributed by atoms with Gasteiger partial charge in [-0.1, -0.05) is 13.3 Å². The minimum Gasteiger partial charge on any atom is -0.399 e. The first-order valence-electron chi connectivity index (χ1n) is 7.35. The van der Waals surface area contributed by atoms with E-state index in [9.17, 15) is 4.79 Å². The van der Waals surface area contributed by atoms with Gasteiger partial charge in [-0.25, -0.2) is 0 Å². The molecule has 1 amide bonds. The van der Waals surface area contributed by atoms with Crippen molar-refractivity contribution < 1.29 is 4.79 Å². The number of carbonyl (C=O) groups is 1. The Morgan fingerprint density at radius 2 is 2.15 bits per heavy atom. The lowest BCUT2D eigenvalue weighted by Gasteiger charge is -2.31. The van der Waals surface area contributed by atoms with Crippen molar-refractivity contribution in [3.63, 3.8) is 0 Å². The highest BCUT2D eigenvalue weighted by molar-refractivity contribution is 6.07. The monoisotopic (exact) mass is 271 g/mol. The van der Waals surface area contributed by atoms with Gasteiger partial charge in [-0.2, -0.15) is 0 Å². The lowest BCUT2D eigenvalue weighted by molar-refractivity contribution is 0.0691. The Kier molecular flexibility index (Phi) is 3.38. The fourth-order valence-electron chi connectivity index (χ4n) is 3.04. The number of carbonyl (C=O) groups excluding carboxylic acids is 1. The fourth-order valence-corrected chi connectivity index (χ4v) is 3.04. The van der Waals surface area contributed by atoms with Crippen molar-refractivity contribution in [1.82, 2.24) is 9.88 Å². The smallest absolute Gasteiger partial charge is 0.256 e. The van der Waals surface area contributed by atoms with Crippen molar-refractivity contribution in [2.24, 2.45) is 5.92 Å². The van der Waals surface area contributed by atoms with Gasteiger partial charge in [0.25, 0.3) is 5.91 Å². The molecule has 2 heterocycles. The molecule has 3 N–H and O–H groups in total. The van der Waals surface area contributed by atoms with E-state index in [-0.39, 0.29) is 5.91 Å². The van der Waals surface area contributed by atoms with Gasteiger partial charge in [0.1, 0.15) is 0 Å². The molecular weight excluding hydrogens is 250 g/mol. The number of fused-ring (bicyclic) bond motifs is 1. The zero-order valence-electron chi connectivity index (χ0n) is 11.9. The third kappa shape index (κ3) is 2.26. The molecule has 1 aromatic carbocycles. The van der Waals surface area contributed by atoms with Crippen LogP contribution < -0.4 is 5.73 Å². The number of nitrogens with two attached hydrogens (primary N) is 1. The lowest BCUT2D eigenvalue weighted by Crippen LogP contribution is -2.38. The van der Waals surface area contributed by atoms with E-state index < -0.39 is 0 Å². The number of nitrogens with one attached hydrogen (secondary N) is 1. The van der Waals surface area contributed by atoms with E-state index in [4.69, 9.17) is 5.73 Å². The average Bonchev–Trinajstić information content (AvgIpc) is 2.89. The van der Waals surface area contributed by atoms with Crippen molar-refractivity contribution in [3.8, 4) is 0 Å². The van der Waals surface area contributed by atoms with E-state index in [1.165, 1.54) is 6.42 Å². The molecule has 0 radical (unpaired) electrons. The summed E-state index contributed by atoms with van der Waals surface area (Å²) in [7, 11) is 0. The number of hydrogen-bond acceptors (Lipinski definition) is 2. The number of H-pyrrole nitrogens is 1. The van der Waals surface area contributed by atoms with Crippen LogP contribution in [0.4, 0.5) is 5.69 Å². The maximum atomic E-state index is 12.6.